The van der Waals surface area contributed by atoms with Crippen LogP contribution >= 0.6 is 0 Å². The Bertz CT molecular complexity index is 1160. The standard InChI is InChI=1S/C28H38N4O2S/c1-19(2)16-29-26-24-8-9-32(35(33,34)18-20-6-4-3-5-7-20)17-25(24)30-27(31-26)28-13-21-10-22(14-28)12-23(11-21)15-28/h3-7,19,21-23H,8-18H2,1-2H3,(H,29,30,31). The van der Waals surface area contributed by atoms with Gasteiger partial charge in [-0.3, -0.25) is 0 Å². The molecule has 35 heavy (non-hydrogen) atoms. The van der Waals surface area contributed by atoms with Gasteiger partial charge in [0.05, 0.1) is 18.0 Å². The molecule has 1 aromatic carbocycles. The van der Waals surface area contributed by atoms with Crippen molar-refractivity contribution in [3.05, 3.63) is 53.0 Å². The molecule has 0 radical (unpaired) electrons. The number of hydrogen-bond donors (Lipinski definition) is 1. The second-order valence-electron chi connectivity index (χ2n) is 12.1. The summed E-state index contributed by atoms with van der Waals surface area (Å²) in [5, 5.41) is 3.62. The van der Waals surface area contributed by atoms with Gasteiger partial charge in [0.25, 0.3) is 0 Å². The topological polar surface area (TPSA) is 75.2 Å². The maximum atomic E-state index is 13.3. The Morgan fingerprint density at radius 2 is 1.69 bits per heavy atom. The molecule has 188 valence electrons. The number of nitrogens with zero attached hydrogens (tertiary/aromatic N) is 3. The van der Waals surface area contributed by atoms with Crippen LogP contribution in [0.3, 0.4) is 0 Å². The van der Waals surface area contributed by atoms with Gasteiger partial charge in [-0.15, -0.1) is 0 Å². The smallest absolute Gasteiger partial charge is 0.218 e. The van der Waals surface area contributed by atoms with Crippen molar-refractivity contribution in [3.8, 4) is 0 Å². The van der Waals surface area contributed by atoms with Crippen molar-refractivity contribution < 1.29 is 8.42 Å². The van der Waals surface area contributed by atoms with E-state index in [0.717, 1.165) is 52.8 Å². The van der Waals surface area contributed by atoms with Gasteiger partial charge in [0.2, 0.25) is 10.0 Å². The summed E-state index contributed by atoms with van der Waals surface area (Å²) in [5.74, 6) is 4.93. The van der Waals surface area contributed by atoms with Crippen LogP contribution in [0.5, 0.6) is 0 Å². The van der Waals surface area contributed by atoms with Crippen molar-refractivity contribution in [1.29, 1.82) is 0 Å². The van der Waals surface area contributed by atoms with E-state index in [2.05, 4.69) is 19.2 Å². The first-order valence-electron chi connectivity index (χ1n) is 13.5. The van der Waals surface area contributed by atoms with Gasteiger partial charge in [-0.05, 0) is 74.2 Å². The molecule has 2 aromatic rings. The normalized spacial score (nSPS) is 30.0. The Hall–Kier alpha value is -1.99. The maximum Gasteiger partial charge on any atom is 0.218 e. The van der Waals surface area contributed by atoms with Gasteiger partial charge in [0, 0.05) is 24.1 Å². The highest BCUT2D eigenvalue weighted by Crippen LogP contribution is 2.60. The Balaban J connectivity index is 1.33. The fraction of sp³-hybridized carbons (Fsp3) is 0.643. The molecule has 0 unspecified atom stereocenters. The molecule has 0 saturated heterocycles. The highest BCUT2D eigenvalue weighted by molar-refractivity contribution is 7.88. The molecule has 4 bridgehead atoms. The minimum absolute atomic E-state index is 0.0363. The lowest BCUT2D eigenvalue weighted by Crippen LogP contribution is -2.49. The van der Waals surface area contributed by atoms with Crippen LogP contribution in [0.25, 0.3) is 0 Å². The van der Waals surface area contributed by atoms with E-state index in [4.69, 9.17) is 9.97 Å². The molecule has 4 saturated carbocycles. The quantitative estimate of drug-likeness (QED) is 0.593. The van der Waals surface area contributed by atoms with Crippen LogP contribution in [-0.4, -0.2) is 35.8 Å². The van der Waals surface area contributed by atoms with Crippen molar-refractivity contribution in [2.75, 3.05) is 18.4 Å². The first kappa shape index (κ1) is 23.4. The van der Waals surface area contributed by atoms with Gasteiger partial charge >= 0.3 is 0 Å². The number of hydrogen-bond acceptors (Lipinski definition) is 5. The van der Waals surface area contributed by atoms with Crippen LogP contribution in [0.2, 0.25) is 0 Å². The van der Waals surface area contributed by atoms with Crippen LogP contribution in [0.4, 0.5) is 5.82 Å². The third-order valence-electron chi connectivity index (χ3n) is 8.81. The number of sulfonamides is 1. The zero-order valence-corrected chi connectivity index (χ0v) is 21.9. The van der Waals surface area contributed by atoms with E-state index in [9.17, 15) is 8.42 Å². The average molecular weight is 495 g/mol. The third-order valence-corrected chi connectivity index (χ3v) is 10.6. The molecular weight excluding hydrogens is 456 g/mol. The van der Waals surface area contributed by atoms with E-state index in [1.54, 1.807) is 4.31 Å². The number of aromatic nitrogens is 2. The summed E-state index contributed by atoms with van der Waals surface area (Å²) < 4.78 is 28.3. The van der Waals surface area contributed by atoms with Crippen molar-refractivity contribution in [2.24, 2.45) is 23.7 Å². The van der Waals surface area contributed by atoms with Crippen molar-refractivity contribution in [1.82, 2.24) is 14.3 Å². The zero-order valence-electron chi connectivity index (χ0n) is 21.0. The van der Waals surface area contributed by atoms with E-state index in [1.807, 2.05) is 30.3 Å². The van der Waals surface area contributed by atoms with Crippen LogP contribution in [0, 0.1) is 23.7 Å². The molecule has 4 fully saturated rings. The summed E-state index contributed by atoms with van der Waals surface area (Å²) in [6, 6.07) is 9.48. The van der Waals surface area contributed by atoms with Crippen LogP contribution in [0.1, 0.15) is 75.0 Å². The lowest BCUT2D eigenvalue weighted by atomic mass is 9.49. The summed E-state index contributed by atoms with van der Waals surface area (Å²) in [6.45, 7) is 6.11. The van der Waals surface area contributed by atoms with E-state index >= 15 is 0 Å². The number of anilines is 1. The first-order chi connectivity index (χ1) is 16.8. The summed E-state index contributed by atoms with van der Waals surface area (Å²) in [4.78, 5) is 10.4. The summed E-state index contributed by atoms with van der Waals surface area (Å²) >= 11 is 0. The number of benzene rings is 1. The number of fused-ring (bicyclic) bond motifs is 1. The molecule has 1 N–H and O–H groups in total. The summed E-state index contributed by atoms with van der Waals surface area (Å²) in [6.07, 6.45) is 8.42. The molecule has 0 spiro atoms. The molecule has 7 rings (SSSR count). The molecule has 1 aromatic heterocycles. The van der Waals surface area contributed by atoms with Crippen LogP contribution in [-0.2, 0) is 34.2 Å². The molecule has 0 atom stereocenters. The molecule has 5 aliphatic rings. The van der Waals surface area contributed by atoms with E-state index in [-0.39, 0.29) is 11.2 Å². The predicted molar refractivity (Wildman–Crippen MR) is 138 cm³/mol. The highest BCUT2D eigenvalue weighted by Gasteiger charge is 2.53. The van der Waals surface area contributed by atoms with Gasteiger partial charge < -0.3 is 5.32 Å². The fourth-order valence-electron chi connectivity index (χ4n) is 7.59. The Morgan fingerprint density at radius 3 is 2.31 bits per heavy atom. The van der Waals surface area contributed by atoms with Crippen molar-refractivity contribution >= 4 is 15.8 Å². The monoisotopic (exact) mass is 494 g/mol. The zero-order chi connectivity index (χ0) is 24.2. The van der Waals surface area contributed by atoms with E-state index in [1.165, 1.54) is 38.5 Å². The number of nitrogens with one attached hydrogen (secondary N) is 1. The van der Waals surface area contributed by atoms with Gasteiger partial charge in [0.15, 0.2) is 0 Å². The number of rotatable bonds is 7. The molecule has 7 heteroatoms. The second-order valence-corrected chi connectivity index (χ2v) is 14.1. The second kappa shape index (κ2) is 8.84. The SMILES string of the molecule is CC(C)CNc1nc(C23CC4CC(CC(C4)C2)C3)nc2c1CCN(S(=O)(=O)Cc1ccccc1)C2. The average Bonchev–Trinajstić information content (AvgIpc) is 2.81. The fourth-order valence-corrected chi connectivity index (χ4v) is 9.07. The Labute approximate surface area is 210 Å². The first-order valence-corrected chi connectivity index (χ1v) is 15.1. The Morgan fingerprint density at radius 1 is 1.03 bits per heavy atom. The molecule has 4 aliphatic carbocycles. The lowest BCUT2D eigenvalue weighted by Gasteiger charge is -2.56. The van der Waals surface area contributed by atoms with Gasteiger partial charge in [-0.25, -0.2) is 18.4 Å². The highest BCUT2D eigenvalue weighted by atomic mass is 32.2. The van der Waals surface area contributed by atoms with E-state index < -0.39 is 10.0 Å². The molecule has 2 heterocycles. The van der Waals surface area contributed by atoms with Crippen LogP contribution in [0.15, 0.2) is 30.3 Å². The molecular formula is C28H38N4O2S. The van der Waals surface area contributed by atoms with Gasteiger partial charge in [-0.2, -0.15) is 4.31 Å². The minimum atomic E-state index is -3.42. The predicted octanol–water partition coefficient (Wildman–Crippen LogP) is 4.90. The summed E-state index contributed by atoms with van der Waals surface area (Å²) in [5.41, 5.74) is 2.95. The maximum absolute atomic E-state index is 13.3. The van der Waals surface area contributed by atoms with Crippen LogP contribution < -0.4 is 5.32 Å². The molecule has 1 aliphatic heterocycles. The lowest BCUT2D eigenvalue weighted by molar-refractivity contribution is -0.00950. The van der Waals surface area contributed by atoms with Crippen molar-refractivity contribution in [3.63, 3.8) is 0 Å². The molecule has 6 nitrogen and oxygen atoms in total. The third kappa shape index (κ3) is 4.50. The molecule has 0 amide bonds. The van der Waals surface area contributed by atoms with E-state index in [0.29, 0.717) is 25.4 Å². The largest absolute Gasteiger partial charge is 0.369 e. The Kier molecular flexibility index (Phi) is 5.91. The van der Waals surface area contributed by atoms with Gasteiger partial charge in [-0.1, -0.05) is 44.2 Å². The van der Waals surface area contributed by atoms with Crippen molar-refractivity contribution in [2.45, 2.75) is 76.5 Å². The summed E-state index contributed by atoms with van der Waals surface area (Å²) in [7, 11) is -3.42. The minimum Gasteiger partial charge on any atom is -0.369 e. The van der Waals surface area contributed by atoms with Gasteiger partial charge in [0.1, 0.15) is 11.6 Å².